The maximum Gasteiger partial charge on any atom is 0.305 e. The van der Waals surface area contributed by atoms with Gasteiger partial charge in [-0.1, -0.05) is 219 Å². The van der Waals surface area contributed by atoms with Crippen LogP contribution in [0.4, 0.5) is 0 Å². The van der Waals surface area contributed by atoms with Gasteiger partial charge in [0.25, 0.3) is 0 Å². The van der Waals surface area contributed by atoms with Gasteiger partial charge >= 0.3 is 5.97 Å². The van der Waals surface area contributed by atoms with Gasteiger partial charge in [-0.25, -0.2) is 0 Å². The Morgan fingerprint density at radius 3 is 1.27 bits per heavy atom. The molecular weight excluding hydrogens is 695 g/mol. The van der Waals surface area contributed by atoms with Crippen molar-refractivity contribution in [3.8, 4) is 0 Å². The third-order valence-electron chi connectivity index (χ3n) is 11.6. The van der Waals surface area contributed by atoms with Crippen molar-refractivity contribution in [3.05, 3.63) is 12.2 Å². The molecule has 332 valence electrons. The van der Waals surface area contributed by atoms with Crippen LogP contribution in [0.2, 0.25) is 0 Å². The van der Waals surface area contributed by atoms with E-state index in [4.69, 9.17) is 4.74 Å². The predicted molar refractivity (Wildman–Crippen MR) is 241 cm³/mol. The van der Waals surface area contributed by atoms with Crippen molar-refractivity contribution in [2.75, 3.05) is 13.2 Å². The fourth-order valence-electron chi connectivity index (χ4n) is 7.69. The number of ether oxygens (including phenoxy) is 1. The minimum atomic E-state index is -0.678. The highest BCUT2D eigenvalue weighted by Gasteiger charge is 2.20. The van der Waals surface area contributed by atoms with Crippen LogP contribution in [0.3, 0.4) is 0 Å². The van der Waals surface area contributed by atoms with E-state index in [1.54, 1.807) is 0 Å². The molecular formula is C50H97NO5. The van der Waals surface area contributed by atoms with Crippen LogP contribution in [0, 0.1) is 0 Å². The average molecular weight is 792 g/mol. The molecule has 3 N–H and O–H groups in total. The first-order chi connectivity index (χ1) is 27.5. The molecule has 0 saturated heterocycles. The molecule has 0 fully saturated rings. The maximum atomic E-state index is 12.4. The van der Waals surface area contributed by atoms with Gasteiger partial charge < -0.3 is 20.3 Å². The Kier molecular flexibility index (Phi) is 45.1. The number of hydrogen-bond donors (Lipinski definition) is 3. The van der Waals surface area contributed by atoms with Crippen molar-refractivity contribution in [2.24, 2.45) is 0 Å². The lowest BCUT2D eigenvalue weighted by atomic mass is 10.0. The molecule has 0 rings (SSSR count). The molecule has 0 aromatic rings. The number of rotatable bonds is 46. The number of allylic oxidation sites excluding steroid dienone is 2. The average Bonchev–Trinajstić information content (AvgIpc) is 3.20. The zero-order chi connectivity index (χ0) is 40.8. The highest BCUT2D eigenvalue weighted by Crippen LogP contribution is 2.16. The third-order valence-corrected chi connectivity index (χ3v) is 11.6. The molecule has 0 bridgehead atoms. The fourth-order valence-corrected chi connectivity index (χ4v) is 7.69. The summed E-state index contributed by atoms with van der Waals surface area (Å²) in [6.07, 6.45) is 51.7. The second-order valence-corrected chi connectivity index (χ2v) is 17.1. The van der Waals surface area contributed by atoms with Gasteiger partial charge in [-0.3, -0.25) is 9.59 Å². The molecule has 2 unspecified atom stereocenters. The van der Waals surface area contributed by atoms with Crippen molar-refractivity contribution in [1.29, 1.82) is 0 Å². The van der Waals surface area contributed by atoms with E-state index in [1.165, 1.54) is 180 Å². The number of amides is 1. The van der Waals surface area contributed by atoms with Gasteiger partial charge in [-0.05, 0) is 51.4 Å². The van der Waals surface area contributed by atoms with Gasteiger partial charge in [0.2, 0.25) is 5.91 Å². The summed E-state index contributed by atoms with van der Waals surface area (Å²) in [5.41, 5.74) is 0. The molecule has 6 nitrogen and oxygen atoms in total. The zero-order valence-corrected chi connectivity index (χ0v) is 37.6. The first-order valence-corrected chi connectivity index (χ1v) is 24.9. The lowest BCUT2D eigenvalue weighted by molar-refractivity contribution is -0.143. The van der Waals surface area contributed by atoms with Crippen molar-refractivity contribution in [3.63, 3.8) is 0 Å². The molecule has 2 atom stereocenters. The molecule has 0 aliphatic heterocycles. The second kappa shape index (κ2) is 46.3. The minimum absolute atomic E-state index is 0.0266. The Morgan fingerprint density at radius 1 is 0.482 bits per heavy atom. The molecule has 0 aromatic heterocycles. The van der Waals surface area contributed by atoms with E-state index in [9.17, 15) is 19.8 Å². The van der Waals surface area contributed by atoms with Crippen LogP contribution in [0.5, 0.6) is 0 Å². The van der Waals surface area contributed by atoms with E-state index in [1.807, 2.05) is 0 Å². The first kappa shape index (κ1) is 54.6. The van der Waals surface area contributed by atoms with Gasteiger partial charge in [0, 0.05) is 12.8 Å². The molecule has 0 aromatic carbocycles. The standard InChI is InChI=1S/C50H97NO5/c1-3-5-7-9-11-13-15-17-19-21-23-28-32-36-40-44-50(55)56-45-41-37-33-29-25-24-27-31-35-39-43-49(54)51-47(46-52)48(53)42-38-34-30-26-22-20-18-16-14-12-10-8-6-4-2/h17,19,47-48,52-53H,3-16,18,20-46H2,1-2H3,(H,51,54)/b19-17-. The lowest BCUT2D eigenvalue weighted by Crippen LogP contribution is -2.45. The fraction of sp³-hybridized carbons (Fsp3) is 0.920. The van der Waals surface area contributed by atoms with Crippen LogP contribution in [-0.4, -0.2) is 47.4 Å². The molecule has 0 radical (unpaired) electrons. The SMILES string of the molecule is CCCCCCCC/C=C\CCCCCCCC(=O)OCCCCCCCCCCCCC(=O)NC(CO)C(O)CCCCCCCCCCCCCCCC. The summed E-state index contributed by atoms with van der Waals surface area (Å²) < 4.78 is 5.45. The highest BCUT2D eigenvalue weighted by atomic mass is 16.5. The van der Waals surface area contributed by atoms with Gasteiger partial charge in [0.1, 0.15) is 0 Å². The van der Waals surface area contributed by atoms with Crippen LogP contribution in [-0.2, 0) is 14.3 Å². The quantitative estimate of drug-likeness (QED) is 0.0324. The number of nitrogens with one attached hydrogen (secondary N) is 1. The molecule has 0 heterocycles. The smallest absolute Gasteiger partial charge is 0.305 e. The van der Waals surface area contributed by atoms with Crippen molar-refractivity contribution >= 4 is 11.9 Å². The van der Waals surface area contributed by atoms with Gasteiger partial charge in [-0.15, -0.1) is 0 Å². The maximum absolute atomic E-state index is 12.4. The van der Waals surface area contributed by atoms with Crippen molar-refractivity contribution in [2.45, 2.75) is 283 Å². The van der Waals surface area contributed by atoms with Crippen LogP contribution in [0.1, 0.15) is 271 Å². The Morgan fingerprint density at radius 2 is 0.839 bits per heavy atom. The summed E-state index contributed by atoms with van der Waals surface area (Å²) in [4.78, 5) is 24.5. The Balaban J connectivity index is 3.48. The summed E-state index contributed by atoms with van der Waals surface area (Å²) in [6.45, 7) is 4.89. The highest BCUT2D eigenvalue weighted by molar-refractivity contribution is 5.76. The summed E-state index contributed by atoms with van der Waals surface area (Å²) in [6, 6.07) is -0.557. The molecule has 0 aliphatic rings. The predicted octanol–water partition coefficient (Wildman–Crippen LogP) is 14.6. The van der Waals surface area contributed by atoms with Crippen LogP contribution in [0.25, 0.3) is 0 Å². The van der Waals surface area contributed by atoms with Crippen LogP contribution in [0.15, 0.2) is 12.2 Å². The van der Waals surface area contributed by atoms with Crippen molar-refractivity contribution < 1.29 is 24.5 Å². The molecule has 6 heteroatoms. The van der Waals surface area contributed by atoms with Crippen LogP contribution >= 0.6 is 0 Å². The summed E-state index contributed by atoms with van der Waals surface area (Å²) in [5.74, 6) is -0.0841. The number of esters is 1. The third kappa shape index (κ3) is 42.2. The summed E-state index contributed by atoms with van der Waals surface area (Å²) in [7, 11) is 0. The van der Waals surface area contributed by atoms with Gasteiger partial charge in [-0.2, -0.15) is 0 Å². The Labute approximate surface area is 349 Å². The van der Waals surface area contributed by atoms with Crippen molar-refractivity contribution in [1.82, 2.24) is 5.32 Å². The molecule has 0 saturated carbocycles. The Hall–Kier alpha value is -1.40. The zero-order valence-electron chi connectivity index (χ0n) is 37.6. The number of aliphatic hydroxyl groups is 2. The van der Waals surface area contributed by atoms with E-state index in [2.05, 4.69) is 31.3 Å². The first-order valence-electron chi connectivity index (χ1n) is 24.9. The second-order valence-electron chi connectivity index (χ2n) is 17.1. The number of unbranched alkanes of at least 4 members (excludes halogenated alkanes) is 33. The van der Waals surface area contributed by atoms with Gasteiger partial charge in [0.05, 0.1) is 25.4 Å². The monoisotopic (exact) mass is 792 g/mol. The number of carbonyl (C=O) groups excluding carboxylic acids is 2. The molecule has 0 aliphatic carbocycles. The molecule has 0 spiro atoms. The normalized spacial score (nSPS) is 12.7. The summed E-state index contributed by atoms with van der Waals surface area (Å²) >= 11 is 0. The molecule has 56 heavy (non-hydrogen) atoms. The number of aliphatic hydroxyl groups excluding tert-OH is 2. The van der Waals surface area contributed by atoms with E-state index in [0.29, 0.717) is 25.9 Å². The lowest BCUT2D eigenvalue weighted by Gasteiger charge is -2.22. The van der Waals surface area contributed by atoms with E-state index in [0.717, 1.165) is 57.8 Å². The topological polar surface area (TPSA) is 95.9 Å². The number of carbonyl (C=O) groups is 2. The Bertz CT molecular complexity index is 832. The minimum Gasteiger partial charge on any atom is -0.466 e. The largest absolute Gasteiger partial charge is 0.466 e. The summed E-state index contributed by atoms with van der Waals surface area (Å²) in [5, 5.41) is 23.2. The van der Waals surface area contributed by atoms with E-state index < -0.39 is 12.1 Å². The number of hydrogen-bond acceptors (Lipinski definition) is 5. The van der Waals surface area contributed by atoms with Crippen LogP contribution < -0.4 is 5.32 Å². The van der Waals surface area contributed by atoms with Gasteiger partial charge in [0.15, 0.2) is 0 Å². The molecule has 1 amide bonds. The van der Waals surface area contributed by atoms with E-state index in [-0.39, 0.29) is 18.5 Å². The van der Waals surface area contributed by atoms with E-state index >= 15 is 0 Å².